The van der Waals surface area contributed by atoms with E-state index >= 15 is 0 Å². The summed E-state index contributed by atoms with van der Waals surface area (Å²) in [6.45, 7) is 5.14. The smallest absolute Gasteiger partial charge is 0.223 e. The lowest BCUT2D eigenvalue weighted by Gasteiger charge is -2.32. The van der Waals surface area contributed by atoms with Gasteiger partial charge >= 0.3 is 0 Å². The molecule has 6 heteroatoms. The third kappa shape index (κ3) is 5.79. The topological polar surface area (TPSA) is 67.6 Å². The van der Waals surface area contributed by atoms with E-state index in [1.54, 1.807) is 11.9 Å². The van der Waals surface area contributed by atoms with Gasteiger partial charge in [-0.25, -0.2) is 0 Å². The van der Waals surface area contributed by atoms with Crippen LogP contribution in [0.2, 0.25) is 0 Å². The van der Waals surface area contributed by atoms with Gasteiger partial charge in [0.1, 0.15) is 0 Å². The average molecular weight is 334 g/mol. The number of hydrogen-bond acceptors (Lipinski definition) is 4. The van der Waals surface area contributed by atoms with Crippen molar-refractivity contribution < 1.29 is 9.59 Å². The predicted molar refractivity (Wildman–Crippen MR) is 92.1 cm³/mol. The molecule has 0 atom stereocenters. The third-order valence-electron chi connectivity index (χ3n) is 5.26. The number of rotatable bonds is 7. The Bertz CT molecular complexity index is 460. The van der Waals surface area contributed by atoms with Crippen LogP contribution in [0.4, 0.5) is 0 Å². The summed E-state index contributed by atoms with van der Waals surface area (Å²) in [6, 6.07) is 2.06. The van der Waals surface area contributed by atoms with Crippen LogP contribution >= 0.6 is 0 Å². The fraction of sp³-hybridized carbons (Fsp3) is 0.833. The second kappa shape index (κ2) is 9.63. The minimum atomic E-state index is 0.108. The number of hydrogen-bond donors (Lipinski definition) is 0. The van der Waals surface area contributed by atoms with Gasteiger partial charge in [0.05, 0.1) is 12.5 Å². The summed E-state index contributed by atoms with van der Waals surface area (Å²) in [5.41, 5.74) is 0. The Labute approximate surface area is 145 Å². The summed E-state index contributed by atoms with van der Waals surface area (Å²) in [5, 5.41) is 8.56. The lowest BCUT2D eigenvalue weighted by molar-refractivity contribution is -0.131. The van der Waals surface area contributed by atoms with Crippen LogP contribution in [0, 0.1) is 17.2 Å². The molecule has 0 radical (unpaired) electrons. The van der Waals surface area contributed by atoms with Crippen LogP contribution in [0.1, 0.15) is 44.9 Å². The standard InChI is InChI=1S/C18H30N4O2/c1-20(9-4-8-19)17(23)7-14-21-12-5-16(6-13-21)15-18(24)22-10-2-3-11-22/h16H,2-7,9-15H2,1H3. The minimum absolute atomic E-state index is 0.108. The number of nitrogens with zero attached hydrogens (tertiary/aromatic N) is 4. The van der Waals surface area contributed by atoms with Crippen molar-refractivity contribution in [2.45, 2.75) is 44.9 Å². The summed E-state index contributed by atoms with van der Waals surface area (Å²) in [4.78, 5) is 30.2. The molecule has 0 N–H and O–H groups in total. The molecule has 2 amide bonds. The Morgan fingerprint density at radius 1 is 1.17 bits per heavy atom. The molecule has 2 saturated heterocycles. The van der Waals surface area contributed by atoms with E-state index in [0.29, 0.717) is 37.6 Å². The van der Waals surface area contributed by atoms with Gasteiger partial charge in [0.2, 0.25) is 11.8 Å². The van der Waals surface area contributed by atoms with Crippen LogP contribution in [0.25, 0.3) is 0 Å². The number of piperidine rings is 1. The molecule has 2 fully saturated rings. The van der Waals surface area contributed by atoms with Crippen LogP contribution in [0.5, 0.6) is 0 Å². The van der Waals surface area contributed by atoms with E-state index in [0.717, 1.165) is 58.4 Å². The molecule has 6 nitrogen and oxygen atoms in total. The van der Waals surface area contributed by atoms with Crippen LogP contribution in [-0.4, -0.2) is 72.8 Å². The average Bonchev–Trinajstić information content (AvgIpc) is 3.13. The molecule has 0 bridgehead atoms. The zero-order chi connectivity index (χ0) is 17.4. The van der Waals surface area contributed by atoms with Crippen molar-refractivity contribution in [2.24, 2.45) is 5.92 Å². The van der Waals surface area contributed by atoms with E-state index in [1.807, 2.05) is 4.90 Å². The first kappa shape index (κ1) is 18.7. The molecule has 2 aliphatic rings. The van der Waals surface area contributed by atoms with E-state index in [-0.39, 0.29) is 5.91 Å². The largest absolute Gasteiger partial charge is 0.345 e. The fourth-order valence-electron chi connectivity index (χ4n) is 3.54. The highest BCUT2D eigenvalue weighted by Gasteiger charge is 2.25. The SMILES string of the molecule is CN(CCC#N)C(=O)CCN1CCC(CC(=O)N2CCCC2)CC1. The number of nitriles is 1. The number of likely N-dealkylation sites (tertiary alicyclic amines) is 2. The van der Waals surface area contributed by atoms with E-state index in [1.165, 1.54) is 0 Å². The van der Waals surface area contributed by atoms with Crippen molar-refractivity contribution in [1.82, 2.24) is 14.7 Å². The van der Waals surface area contributed by atoms with Crippen molar-refractivity contribution >= 4 is 11.8 Å². The van der Waals surface area contributed by atoms with Gasteiger partial charge in [-0.1, -0.05) is 0 Å². The molecule has 0 saturated carbocycles. The zero-order valence-corrected chi connectivity index (χ0v) is 14.9. The summed E-state index contributed by atoms with van der Waals surface area (Å²) in [5.74, 6) is 0.945. The second-order valence-electron chi connectivity index (χ2n) is 7.05. The van der Waals surface area contributed by atoms with Crippen molar-refractivity contribution in [3.63, 3.8) is 0 Å². The monoisotopic (exact) mass is 334 g/mol. The van der Waals surface area contributed by atoms with Gasteiger partial charge < -0.3 is 14.7 Å². The number of carbonyl (C=O) groups is 2. The highest BCUT2D eigenvalue weighted by Crippen LogP contribution is 2.22. The fourth-order valence-corrected chi connectivity index (χ4v) is 3.54. The van der Waals surface area contributed by atoms with E-state index < -0.39 is 0 Å². The van der Waals surface area contributed by atoms with Gasteiger partial charge in [-0.2, -0.15) is 5.26 Å². The molecule has 2 heterocycles. The Balaban J connectivity index is 1.61. The van der Waals surface area contributed by atoms with Crippen LogP contribution in [0.3, 0.4) is 0 Å². The minimum Gasteiger partial charge on any atom is -0.345 e. The Morgan fingerprint density at radius 3 is 2.46 bits per heavy atom. The predicted octanol–water partition coefficient (Wildman–Crippen LogP) is 1.47. The van der Waals surface area contributed by atoms with Crippen LogP contribution < -0.4 is 0 Å². The van der Waals surface area contributed by atoms with Crippen molar-refractivity contribution in [2.75, 3.05) is 46.3 Å². The number of carbonyl (C=O) groups excluding carboxylic acids is 2. The first-order valence-corrected chi connectivity index (χ1v) is 9.21. The normalized spacial score (nSPS) is 19.2. The van der Waals surface area contributed by atoms with Gasteiger partial charge in [0.25, 0.3) is 0 Å². The summed E-state index contributed by atoms with van der Waals surface area (Å²) in [6.07, 6.45) is 6.01. The Hall–Kier alpha value is -1.61. The highest BCUT2D eigenvalue weighted by atomic mass is 16.2. The molecule has 134 valence electrons. The molecule has 0 aromatic carbocycles. The molecule has 2 rings (SSSR count). The summed E-state index contributed by atoms with van der Waals surface area (Å²) < 4.78 is 0. The molecular weight excluding hydrogens is 304 g/mol. The summed E-state index contributed by atoms with van der Waals surface area (Å²) in [7, 11) is 1.76. The summed E-state index contributed by atoms with van der Waals surface area (Å²) >= 11 is 0. The third-order valence-corrected chi connectivity index (χ3v) is 5.26. The highest BCUT2D eigenvalue weighted by molar-refractivity contribution is 5.76. The van der Waals surface area contributed by atoms with Gasteiger partial charge in [-0.3, -0.25) is 9.59 Å². The molecule has 0 aliphatic carbocycles. The van der Waals surface area contributed by atoms with E-state index in [9.17, 15) is 9.59 Å². The molecule has 0 spiro atoms. The van der Waals surface area contributed by atoms with Crippen molar-refractivity contribution in [1.29, 1.82) is 5.26 Å². The molecule has 0 unspecified atom stereocenters. The maximum absolute atomic E-state index is 12.2. The van der Waals surface area contributed by atoms with Gasteiger partial charge in [-0.05, 0) is 44.7 Å². The van der Waals surface area contributed by atoms with Gasteiger partial charge in [0.15, 0.2) is 0 Å². The molecular formula is C18H30N4O2. The molecule has 24 heavy (non-hydrogen) atoms. The lowest BCUT2D eigenvalue weighted by atomic mass is 9.93. The van der Waals surface area contributed by atoms with E-state index in [2.05, 4.69) is 11.0 Å². The number of amides is 2. The van der Waals surface area contributed by atoms with Crippen LogP contribution in [-0.2, 0) is 9.59 Å². The van der Waals surface area contributed by atoms with Gasteiger partial charge in [0, 0.05) is 46.1 Å². The second-order valence-corrected chi connectivity index (χ2v) is 7.05. The van der Waals surface area contributed by atoms with E-state index in [4.69, 9.17) is 5.26 Å². The Kier molecular flexibility index (Phi) is 7.51. The molecule has 0 aromatic rings. The molecule has 2 aliphatic heterocycles. The van der Waals surface area contributed by atoms with Crippen molar-refractivity contribution in [3.8, 4) is 6.07 Å². The maximum Gasteiger partial charge on any atom is 0.223 e. The lowest BCUT2D eigenvalue weighted by Crippen LogP contribution is -2.38. The Morgan fingerprint density at radius 2 is 1.83 bits per heavy atom. The zero-order valence-electron chi connectivity index (χ0n) is 14.9. The van der Waals surface area contributed by atoms with Crippen LogP contribution in [0.15, 0.2) is 0 Å². The van der Waals surface area contributed by atoms with Gasteiger partial charge in [-0.15, -0.1) is 0 Å². The quantitative estimate of drug-likeness (QED) is 0.707. The first-order valence-electron chi connectivity index (χ1n) is 9.21. The molecule has 0 aromatic heterocycles. The first-order chi connectivity index (χ1) is 11.6. The van der Waals surface area contributed by atoms with Crippen molar-refractivity contribution in [3.05, 3.63) is 0 Å². The maximum atomic E-state index is 12.2.